The molecular weight excluding hydrogens is 695 g/mol. The van der Waals surface area contributed by atoms with Crippen molar-refractivity contribution in [1.29, 1.82) is 0 Å². The number of carboxylic acid groups (broad SMARTS) is 1. The quantitative estimate of drug-likeness (QED) is 0.0490. The van der Waals surface area contributed by atoms with E-state index in [0.717, 1.165) is 12.7 Å². The Labute approximate surface area is 318 Å². The molecule has 2 atom stereocenters. The third-order valence-corrected chi connectivity index (χ3v) is 5.75. The van der Waals surface area contributed by atoms with Crippen LogP contribution in [0.15, 0.2) is 60.7 Å². The van der Waals surface area contributed by atoms with Crippen LogP contribution < -0.4 is 51.2 Å². The molecule has 2 aromatic rings. The second-order valence-corrected chi connectivity index (χ2v) is 12.5. The van der Waals surface area contributed by atoms with E-state index in [-0.39, 0.29) is 37.2 Å². The first-order valence-corrected chi connectivity index (χ1v) is 15.3. The van der Waals surface area contributed by atoms with Gasteiger partial charge in [0.15, 0.2) is 0 Å². The van der Waals surface area contributed by atoms with Crippen LogP contribution in [-0.4, -0.2) is 88.7 Å². The second-order valence-electron chi connectivity index (χ2n) is 12.5. The summed E-state index contributed by atoms with van der Waals surface area (Å²) in [6, 6.07) is 15.2. The van der Waals surface area contributed by atoms with E-state index < -0.39 is 71.0 Å². The van der Waals surface area contributed by atoms with Gasteiger partial charge in [-0.3, -0.25) is 30.0 Å². The minimum absolute atomic E-state index is 0. The van der Waals surface area contributed by atoms with Crippen LogP contribution in [0.4, 0.5) is 9.59 Å². The average molecular weight is 741 g/mol. The Bertz CT molecular complexity index is 1530. The molecule has 286 valence electrons. The minimum atomic E-state index is -1.72. The number of benzene rings is 2. The Hall–Kier alpha value is -5.64. The number of hydrazine groups is 2. The van der Waals surface area contributed by atoms with Gasteiger partial charge in [0.25, 0.3) is 11.8 Å². The normalized spacial score (nSPS) is 11.3. The van der Waals surface area contributed by atoms with Gasteiger partial charge in [0, 0.05) is 12.8 Å². The Kier molecular flexibility index (Phi) is 22.2. The maximum absolute atomic E-state index is 12.3. The van der Waals surface area contributed by atoms with E-state index in [9.17, 15) is 38.4 Å². The van der Waals surface area contributed by atoms with Gasteiger partial charge in [-0.25, -0.2) is 30.0 Å². The molecule has 2 aromatic carbocycles. The van der Waals surface area contributed by atoms with E-state index in [4.69, 9.17) is 14.6 Å². The molecule has 0 aliphatic heterocycles. The molecule has 0 aliphatic rings. The van der Waals surface area contributed by atoms with Gasteiger partial charge >= 0.3 is 54.8 Å². The summed E-state index contributed by atoms with van der Waals surface area (Å²) >= 11 is 0. The van der Waals surface area contributed by atoms with Crippen LogP contribution in [0.5, 0.6) is 0 Å². The molecule has 0 saturated carbocycles. The van der Waals surface area contributed by atoms with E-state index in [1.165, 1.54) is 0 Å². The predicted molar refractivity (Wildman–Crippen MR) is 181 cm³/mol. The van der Waals surface area contributed by atoms with E-state index in [1.807, 2.05) is 5.43 Å². The molecule has 8 N–H and O–H groups in total. The number of hydrogen-bond acceptors (Lipinski definition) is 12. The van der Waals surface area contributed by atoms with Gasteiger partial charge in [0.05, 0.1) is 7.11 Å². The second kappa shape index (κ2) is 23.8. The third-order valence-electron chi connectivity index (χ3n) is 5.75. The fraction of sp³-hybridized carbons (Fsp3) is 0.394. The molecule has 0 saturated heterocycles. The summed E-state index contributed by atoms with van der Waals surface area (Å²) in [5.74, 6) is -6.75. The first kappa shape index (κ1) is 49.5. The molecule has 19 nitrogen and oxygen atoms in total. The zero-order valence-corrected chi connectivity index (χ0v) is 30.7. The molecule has 0 fully saturated rings. The molecule has 2 rings (SSSR count). The summed E-state index contributed by atoms with van der Waals surface area (Å²) in [5, 5.41) is 13.1. The summed E-state index contributed by atoms with van der Waals surface area (Å²) in [5.41, 5.74) is 8.35. The largest absolute Gasteiger partial charge is 1.00 e. The zero-order chi connectivity index (χ0) is 38.8. The topological polar surface area (TPSA) is 287 Å². The van der Waals surface area contributed by atoms with Gasteiger partial charge in [-0.05, 0) is 52.7 Å². The van der Waals surface area contributed by atoms with Crippen molar-refractivity contribution in [3.63, 3.8) is 0 Å². The molecular formula is C33H45LiN6O13. The Morgan fingerprint density at radius 3 is 1.25 bits per heavy atom. The summed E-state index contributed by atoms with van der Waals surface area (Å²) < 4.78 is 14.3. The van der Waals surface area contributed by atoms with E-state index >= 15 is 0 Å². The Morgan fingerprint density at radius 1 is 0.604 bits per heavy atom. The van der Waals surface area contributed by atoms with Gasteiger partial charge in [0.1, 0.15) is 23.3 Å². The Morgan fingerprint density at radius 2 is 0.943 bits per heavy atom. The first-order valence-electron chi connectivity index (χ1n) is 15.3. The summed E-state index contributed by atoms with van der Waals surface area (Å²) in [6.07, 6.45) is -1.60. The molecule has 0 unspecified atom stereocenters. The summed E-state index contributed by atoms with van der Waals surface area (Å²) in [4.78, 5) is 92.7. The number of amides is 6. The maximum atomic E-state index is 12.3. The fourth-order valence-corrected chi connectivity index (χ4v) is 3.65. The maximum Gasteiger partial charge on any atom is 1.00 e. The average Bonchev–Trinajstić information content (AvgIpc) is 3.04. The van der Waals surface area contributed by atoms with Crippen molar-refractivity contribution in [2.75, 3.05) is 7.11 Å². The number of aliphatic carboxylic acids is 1. The van der Waals surface area contributed by atoms with Gasteiger partial charge in [0.2, 0.25) is 0 Å². The smallest absolute Gasteiger partial charge is 0.870 e. The SMILES string of the molecule is CC(C)(C)OC(=O)NNC(=O)[C@H](Cc1ccccc1)NC(=O)C(=O)O.COC(=O)C(=O)N[C@@H](Cc1ccccc1)C(=O)NNC(=O)OC(C)(C)C.[Li+].[OH-]. The number of nitrogens with one attached hydrogen (secondary N) is 6. The van der Waals surface area contributed by atoms with Crippen molar-refractivity contribution in [3.8, 4) is 0 Å². The summed E-state index contributed by atoms with van der Waals surface area (Å²) in [7, 11) is 1.05. The first-order chi connectivity index (χ1) is 23.7. The number of esters is 1. The number of carbonyl (C=O) groups excluding carboxylic acids is 7. The van der Waals surface area contributed by atoms with E-state index in [0.29, 0.717) is 5.56 Å². The van der Waals surface area contributed by atoms with Gasteiger partial charge in [-0.2, -0.15) is 0 Å². The number of carbonyl (C=O) groups is 8. The molecule has 53 heavy (non-hydrogen) atoms. The van der Waals surface area contributed by atoms with Crippen molar-refractivity contribution in [1.82, 2.24) is 32.3 Å². The van der Waals surface area contributed by atoms with Crippen molar-refractivity contribution in [2.45, 2.75) is 77.7 Å². The van der Waals surface area contributed by atoms with Crippen molar-refractivity contribution < 1.29 is 82.0 Å². The van der Waals surface area contributed by atoms with Crippen LogP contribution in [-0.2, 0) is 55.8 Å². The molecule has 0 aliphatic carbocycles. The van der Waals surface area contributed by atoms with Gasteiger partial charge in [-0.15, -0.1) is 0 Å². The molecule has 0 aromatic heterocycles. The van der Waals surface area contributed by atoms with Crippen molar-refractivity contribution in [2.24, 2.45) is 0 Å². The van der Waals surface area contributed by atoms with Crippen LogP contribution in [0.3, 0.4) is 0 Å². The third kappa shape index (κ3) is 22.0. The van der Waals surface area contributed by atoms with E-state index in [2.05, 4.69) is 31.6 Å². The minimum Gasteiger partial charge on any atom is -0.870 e. The van der Waals surface area contributed by atoms with Crippen LogP contribution in [0, 0.1) is 0 Å². The monoisotopic (exact) mass is 740 g/mol. The predicted octanol–water partition coefficient (Wildman–Crippen LogP) is -2.38. The van der Waals surface area contributed by atoms with Crippen LogP contribution >= 0.6 is 0 Å². The molecule has 0 heterocycles. The molecule has 6 amide bonds. The number of methoxy groups -OCH3 is 1. The number of hydrogen-bond donors (Lipinski definition) is 7. The van der Waals surface area contributed by atoms with Gasteiger partial charge in [-0.1, -0.05) is 60.7 Å². The van der Waals surface area contributed by atoms with Gasteiger partial charge < -0.3 is 35.4 Å². The standard InChI is InChI=1S/C17H23N3O6.C16H21N3O6.Li.H2O/c1-17(2,3)26-16(24)20-19-13(21)12(18-14(22)15(23)25-4)10-11-8-6-5-7-9-11;1-16(2,3)25-15(24)19-18-12(20)11(17-13(21)14(22)23)9-10-7-5-4-6-8-10;;/h5-9,12H,10H2,1-4H3,(H,18,22)(H,19,21)(H,20,24);4-8,11H,9H2,1-3H3,(H,17,21)(H,18,20)(H,19,24)(H,22,23);;1H2/q;;+1;/p-1/t12-;11-;;/m00../s1. The number of ether oxygens (including phenoxy) is 3. The zero-order valence-electron chi connectivity index (χ0n) is 30.7. The number of rotatable bonds is 8. The van der Waals surface area contributed by atoms with Crippen molar-refractivity contribution in [3.05, 3.63) is 71.8 Å². The molecule has 0 radical (unpaired) electrons. The van der Waals surface area contributed by atoms with E-state index in [1.54, 1.807) is 102 Å². The molecule has 20 heteroatoms. The van der Waals surface area contributed by atoms with Crippen LogP contribution in [0.25, 0.3) is 0 Å². The van der Waals surface area contributed by atoms with Crippen LogP contribution in [0.2, 0.25) is 0 Å². The molecule has 0 bridgehead atoms. The number of carboxylic acids is 1. The van der Waals surface area contributed by atoms with Crippen LogP contribution in [0.1, 0.15) is 52.7 Å². The Balaban J connectivity index is 0. The summed E-state index contributed by atoms with van der Waals surface area (Å²) in [6.45, 7) is 9.97. The fourth-order valence-electron chi connectivity index (χ4n) is 3.65. The molecule has 0 spiro atoms. The van der Waals surface area contributed by atoms with Crippen molar-refractivity contribution >= 4 is 47.8 Å².